The van der Waals surface area contributed by atoms with E-state index in [1.165, 1.54) is 0 Å². The zero-order valence-corrected chi connectivity index (χ0v) is 11.2. The van der Waals surface area contributed by atoms with Crippen LogP contribution in [0.2, 0.25) is 18.1 Å². The second-order valence-electron chi connectivity index (χ2n) is 5.17. The van der Waals surface area contributed by atoms with Crippen LogP contribution < -0.4 is 10.6 Å². The standard InChI is InChI=1S/C9H22N2SSi/c1-9(2,3)13(4,5)12-8-10-6-7-11-8/h8,10-11H,6-7H2,1-5H3. The van der Waals surface area contributed by atoms with Gasteiger partial charge >= 0.3 is 0 Å². The summed E-state index contributed by atoms with van der Waals surface area (Å²) < 4.78 is 0. The summed E-state index contributed by atoms with van der Waals surface area (Å²) in [6.07, 6.45) is 0. The van der Waals surface area contributed by atoms with Gasteiger partial charge in [-0.2, -0.15) is 11.2 Å². The van der Waals surface area contributed by atoms with Crippen molar-refractivity contribution in [3.8, 4) is 0 Å². The van der Waals surface area contributed by atoms with E-state index in [9.17, 15) is 0 Å². The monoisotopic (exact) mass is 218 g/mol. The van der Waals surface area contributed by atoms with Crippen LogP contribution in [0.5, 0.6) is 0 Å². The van der Waals surface area contributed by atoms with Crippen LogP contribution in [0, 0.1) is 0 Å². The molecule has 0 atom stereocenters. The lowest BCUT2D eigenvalue weighted by Gasteiger charge is -2.37. The zero-order valence-electron chi connectivity index (χ0n) is 9.40. The van der Waals surface area contributed by atoms with Crippen LogP contribution in [0.1, 0.15) is 20.8 Å². The number of rotatable bonds is 2. The molecular formula is C9H22N2SSi. The molecule has 1 fully saturated rings. The first kappa shape index (κ1) is 11.6. The van der Waals surface area contributed by atoms with Gasteiger partial charge in [-0.05, 0) is 5.04 Å². The molecule has 0 aromatic rings. The maximum absolute atomic E-state index is 3.47. The molecule has 1 aliphatic heterocycles. The van der Waals surface area contributed by atoms with Gasteiger partial charge in [0.1, 0.15) is 12.7 Å². The minimum atomic E-state index is -1.18. The van der Waals surface area contributed by atoms with Gasteiger partial charge in [0.15, 0.2) is 0 Å². The maximum Gasteiger partial charge on any atom is 0.120 e. The third-order valence-corrected chi connectivity index (χ3v) is 12.1. The number of nitrogens with one attached hydrogen (secondary N) is 2. The Morgan fingerprint density at radius 3 is 2.00 bits per heavy atom. The van der Waals surface area contributed by atoms with Gasteiger partial charge < -0.3 is 0 Å². The van der Waals surface area contributed by atoms with Gasteiger partial charge in [0.05, 0.1) is 0 Å². The van der Waals surface area contributed by atoms with Crippen LogP contribution in [0.25, 0.3) is 0 Å². The summed E-state index contributed by atoms with van der Waals surface area (Å²) in [4.78, 5) is 0. The Kier molecular flexibility index (Phi) is 3.49. The minimum absolute atomic E-state index is 0.476. The molecule has 0 unspecified atom stereocenters. The number of hydrogen-bond acceptors (Lipinski definition) is 3. The molecule has 1 aliphatic rings. The minimum Gasteiger partial charge on any atom is -0.293 e. The Labute approximate surface area is 86.9 Å². The summed E-state index contributed by atoms with van der Waals surface area (Å²) in [6, 6.07) is 0. The van der Waals surface area contributed by atoms with E-state index in [-0.39, 0.29) is 0 Å². The van der Waals surface area contributed by atoms with Gasteiger partial charge in [0.25, 0.3) is 0 Å². The lowest BCUT2D eigenvalue weighted by atomic mass is 10.2. The SMILES string of the molecule is CC(C)(C)[Si](C)(C)SC1NCCN1. The first-order chi connectivity index (χ1) is 5.83. The summed E-state index contributed by atoms with van der Waals surface area (Å²) in [5.74, 6) is 0. The fourth-order valence-corrected chi connectivity index (χ4v) is 5.71. The largest absolute Gasteiger partial charge is 0.293 e. The molecule has 0 aliphatic carbocycles. The molecule has 78 valence electrons. The smallest absolute Gasteiger partial charge is 0.120 e. The Bertz CT molecular complexity index is 171. The molecule has 13 heavy (non-hydrogen) atoms. The quantitative estimate of drug-likeness (QED) is 0.695. The van der Waals surface area contributed by atoms with Crippen molar-refractivity contribution in [2.45, 2.75) is 44.4 Å². The molecular weight excluding hydrogens is 196 g/mol. The fraction of sp³-hybridized carbons (Fsp3) is 1.00. The summed E-state index contributed by atoms with van der Waals surface area (Å²) in [5.41, 5.74) is 0.501. The van der Waals surface area contributed by atoms with E-state index < -0.39 is 7.22 Å². The first-order valence-corrected chi connectivity index (χ1v) is 9.58. The van der Waals surface area contributed by atoms with Crippen molar-refractivity contribution >= 4 is 18.4 Å². The molecule has 0 radical (unpaired) electrons. The van der Waals surface area contributed by atoms with E-state index >= 15 is 0 Å². The topological polar surface area (TPSA) is 24.1 Å². The van der Waals surface area contributed by atoms with Crippen LogP contribution in [0.4, 0.5) is 0 Å². The van der Waals surface area contributed by atoms with Crippen molar-refractivity contribution in [3.63, 3.8) is 0 Å². The van der Waals surface area contributed by atoms with Gasteiger partial charge in [-0.1, -0.05) is 33.9 Å². The summed E-state index contributed by atoms with van der Waals surface area (Å²) >= 11 is 2.13. The van der Waals surface area contributed by atoms with Gasteiger partial charge in [-0.15, -0.1) is 0 Å². The van der Waals surface area contributed by atoms with E-state index in [4.69, 9.17) is 0 Å². The van der Waals surface area contributed by atoms with E-state index in [2.05, 4.69) is 55.7 Å². The Balaban J connectivity index is 2.50. The first-order valence-electron chi connectivity index (χ1n) is 4.97. The molecule has 0 saturated carbocycles. The van der Waals surface area contributed by atoms with Crippen molar-refractivity contribution in [2.75, 3.05) is 13.1 Å². The molecule has 0 aromatic heterocycles. The molecule has 0 spiro atoms. The van der Waals surface area contributed by atoms with Gasteiger partial charge in [-0.3, -0.25) is 10.6 Å². The molecule has 0 bridgehead atoms. The van der Waals surface area contributed by atoms with Crippen LogP contribution in [-0.2, 0) is 0 Å². The highest BCUT2D eigenvalue weighted by molar-refractivity contribution is 8.29. The number of hydrogen-bond donors (Lipinski definition) is 2. The molecule has 1 rings (SSSR count). The van der Waals surface area contributed by atoms with Crippen molar-refractivity contribution in [3.05, 3.63) is 0 Å². The predicted octanol–water partition coefficient (Wildman–Crippen LogP) is 2.20. The summed E-state index contributed by atoms with van der Waals surface area (Å²) in [7, 11) is -1.18. The van der Waals surface area contributed by atoms with Crippen LogP contribution >= 0.6 is 11.2 Å². The van der Waals surface area contributed by atoms with Crippen molar-refractivity contribution < 1.29 is 0 Å². The Hall–Kier alpha value is 0.487. The second kappa shape index (κ2) is 3.93. The highest BCUT2D eigenvalue weighted by atomic mass is 32.4. The van der Waals surface area contributed by atoms with Crippen molar-refractivity contribution in [1.82, 2.24) is 10.6 Å². The van der Waals surface area contributed by atoms with Crippen LogP contribution in [0.15, 0.2) is 0 Å². The van der Waals surface area contributed by atoms with Crippen LogP contribution in [-0.4, -0.2) is 25.8 Å². The van der Waals surface area contributed by atoms with E-state index in [1.54, 1.807) is 0 Å². The van der Waals surface area contributed by atoms with Gasteiger partial charge in [0.2, 0.25) is 0 Å². The molecule has 0 aromatic carbocycles. The summed E-state index contributed by atoms with van der Waals surface area (Å²) in [5, 5.41) is 7.42. The molecule has 2 N–H and O–H groups in total. The summed E-state index contributed by atoms with van der Waals surface area (Å²) in [6.45, 7) is 14.2. The van der Waals surface area contributed by atoms with E-state index in [1.807, 2.05) is 0 Å². The van der Waals surface area contributed by atoms with E-state index in [0.29, 0.717) is 10.5 Å². The Morgan fingerprint density at radius 2 is 1.62 bits per heavy atom. The van der Waals surface area contributed by atoms with E-state index in [0.717, 1.165) is 13.1 Å². The maximum atomic E-state index is 3.47. The second-order valence-corrected chi connectivity index (χ2v) is 14.2. The third kappa shape index (κ3) is 2.97. The average Bonchev–Trinajstić information content (AvgIpc) is 2.35. The molecule has 1 heterocycles. The fourth-order valence-electron chi connectivity index (χ4n) is 1.03. The van der Waals surface area contributed by atoms with Gasteiger partial charge in [0, 0.05) is 13.1 Å². The zero-order chi connectivity index (χ0) is 10.1. The lowest BCUT2D eigenvalue weighted by molar-refractivity contribution is 0.726. The lowest BCUT2D eigenvalue weighted by Crippen LogP contribution is -2.41. The highest BCUT2D eigenvalue weighted by Gasteiger charge is 2.38. The molecule has 0 amide bonds. The average molecular weight is 218 g/mol. The predicted molar refractivity (Wildman–Crippen MR) is 64.6 cm³/mol. The van der Waals surface area contributed by atoms with Gasteiger partial charge in [-0.25, -0.2) is 0 Å². The molecule has 1 saturated heterocycles. The Morgan fingerprint density at radius 1 is 1.15 bits per heavy atom. The van der Waals surface area contributed by atoms with Crippen LogP contribution in [0.3, 0.4) is 0 Å². The van der Waals surface area contributed by atoms with Crippen molar-refractivity contribution in [1.29, 1.82) is 0 Å². The molecule has 4 heteroatoms. The normalized spacial score (nSPS) is 21.0. The van der Waals surface area contributed by atoms with Crippen molar-refractivity contribution in [2.24, 2.45) is 0 Å². The third-order valence-electron chi connectivity index (χ3n) is 3.00. The highest BCUT2D eigenvalue weighted by Crippen LogP contribution is 2.44. The molecule has 2 nitrogen and oxygen atoms in total.